The third kappa shape index (κ3) is 2.85. The Morgan fingerprint density at radius 2 is 2.00 bits per heavy atom. The Labute approximate surface area is 99.7 Å². The van der Waals surface area contributed by atoms with Crippen LogP contribution in [0, 0.1) is 0 Å². The van der Waals surface area contributed by atoms with E-state index in [1.54, 1.807) is 14.1 Å². The van der Waals surface area contributed by atoms with Gasteiger partial charge in [-0.3, -0.25) is 9.80 Å². The third-order valence-electron chi connectivity index (χ3n) is 2.41. The van der Waals surface area contributed by atoms with Gasteiger partial charge in [-0.2, -0.15) is 0 Å². The lowest BCUT2D eigenvalue weighted by molar-refractivity contribution is -0.150. The number of amides is 1. The molecule has 0 bridgehead atoms. The molecule has 1 heterocycles. The minimum Gasteiger partial charge on any atom is -0.390 e. The van der Waals surface area contributed by atoms with Crippen LogP contribution in [0.15, 0.2) is 0 Å². The van der Waals surface area contributed by atoms with E-state index in [4.69, 9.17) is 11.6 Å². The van der Waals surface area contributed by atoms with Crippen LogP contribution in [0.4, 0.5) is 0 Å². The third-order valence-corrected chi connectivity index (χ3v) is 4.34. The number of halogens is 1. The molecule has 1 aliphatic rings. The maximum absolute atomic E-state index is 11.5. The zero-order valence-corrected chi connectivity index (χ0v) is 10.7. The average Bonchev–Trinajstić information content (AvgIpc) is 2.39. The van der Waals surface area contributed by atoms with Crippen LogP contribution in [0.3, 0.4) is 0 Å². The summed E-state index contributed by atoms with van der Waals surface area (Å²) in [5.41, 5.74) is 0. The molecule has 0 aromatic carbocycles. The number of hydrogen-bond acceptors (Lipinski definition) is 5. The molecule has 0 radical (unpaired) electrons. The first-order chi connectivity index (χ1) is 7.28. The van der Waals surface area contributed by atoms with Gasteiger partial charge in [0.1, 0.15) is 5.88 Å². The van der Waals surface area contributed by atoms with Crippen molar-refractivity contribution in [2.45, 2.75) is 12.1 Å². The van der Waals surface area contributed by atoms with E-state index in [0.717, 1.165) is 0 Å². The monoisotopic (exact) mass is 270 g/mol. The van der Waals surface area contributed by atoms with Gasteiger partial charge < -0.3 is 5.11 Å². The summed E-state index contributed by atoms with van der Waals surface area (Å²) in [6.45, 7) is 0. The summed E-state index contributed by atoms with van der Waals surface area (Å²) < 4.78 is 22.7. The summed E-state index contributed by atoms with van der Waals surface area (Å²) in [6, 6.07) is -0.744. The molecule has 1 amide bonds. The Morgan fingerprint density at radius 1 is 1.44 bits per heavy atom. The summed E-state index contributed by atoms with van der Waals surface area (Å²) >= 11 is 5.44. The van der Waals surface area contributed by atoms with Gasteiger partial charge in [0.25, 0.3) is 5.91 Å². The fourth-order valence-electron chi connectivity index (χ4n) is 1.81. The Morgan fingerprint density at radius 3 is 2.31 bits per heavy atom. The molecule has 2 atom stereocenters. The van der Waals surface area contributed by atoms with Crippen LogP contribution in [0.1, 0.15) is 0 Å². The van der Waals surface area contributed by atoms with Crippen LogP contribution in [0.5, 0.6) is 0 Å². The van der Waals surface area contributed by atoms with Gasteiger partial charge in [0, 0.05) is 14.1 Å². The minimum atomic E-state index is -3.28. The fourth-order valence-corrected chi connectivity index (χ4v) is 3.69. The first-order valence-corrected chi connectivity index (χ1v) is 7.08. The first kappa shape index (κ1) is 13.7. The highest BCUT2D eigenvalue weighted by Crippen LogP contribution is 2.19. The van der Waals surface area contributed by atoms with Crippen molar-refractivity contribution in [1.29, 1.82) is 0 Å². The highest BCUT2D eigenvalue weighted by atomic mass is 35.5. The molecule has 0 aliphatic carbocycles. The molecule has 1 saturated heterocycles. The summed E-state index contributed by atoms with van der Waals surface area (Å²) in [4.78, 5) is 11.5. The number of aliphatic hydroxyl groups excluding tert-OH is 1. The molecule has 0 aromatic rings. The van der Waals surface area contributed by atoms with Crippen molar-refractivity contribution in [3.8, 4) is 0 Å². The lowest BCUT2D eigenvalue weighted by atomic mass is 10.2. The van der Waals surface area contributed by atoms with Crippen molar-refractivity contribution in [2.75, 3.05) is 31.5 Å². The van der Waals surface area contributed by atoms with Crippen LogP contribution >= 0.6 is 11.6 Å². The number of carbonyl (C=O) groups is 1. The Balaban J connectivity index is 2.93. The topological polar surface area (TPSA) is 77.9 Å². The van der Waals surface area contributed by atoms with E-state index < -0.39 is 27.9 Å². The van der Waals surface area contributed by atoms with Crippen molar-refractivity contribution in [1.82, 2.24) is 10.0 Å². The van der Waals surface area contributed by atoms with Gasteiger partial charge in [0.05, 0.1) is 23.7 Å². The van der Waals surface area contributed by atoms with Crippen LogP contribution in [-0.2, 0) is 14.6 Å². The molecule has 1 N–H and O–H groups in total. The summed E-state index contributed by atoms with van der Waals surface area (Å²) in [5.74, 6) is -1.21. The molecule has 16 heavy (non-hydrogen) atoms. The van der Waals surface area contributed by atoms with Gasteiger partial charge >= 0.3 is 0 Å². The van der Waals surface area contributed by atoms with Gasteiger partial charge in [0.2, 0.25) is 0 Å². The zero-order chi connectivity index (χ0) is 12.5. The molecule has 8 heteroatoms. The van der Waals surface area contributed by atoms with Crippen molar-refractivity contribution in [2.24, 2.45) is 0 Å². The second kappa shape index (κ2) is 4.87. The van der Waals surface area contributed by atoms with E-state index in [2.05, 4.69) is 0 Å². The number of alkyl halides is 1. The molecule has 1 aliphatic heterocycles. The molecule has 1 rings (SSSR count). The van der Waals surface area contributed by atoms with E-state index in [1.807, 2.05) is 0 Å². The number of hydrogen-bond donors (Lipinski definition) is 1. The molecular weight excluding hydrogens is 256 g/mol. The predicted molar refractivity (Wildman–Crippen MR) is 59.7 cm³/mol. The lowest BCUT2D eigenvalue weighted by Gasteiger charge is -2.34. The SMILES string of the molecule is CN(C)N(C(=O)CCl)[C@@H]1CS(=O)(=O)C[C@H]1O. The molecule has 0 saturated carbocycles. The first-order valence-electron chi connectivity index (χ1n) is 4.72. The lowest BCUT2D eigenvalue weighted by Crippen LogP contribution is -2.53. The molecule has 94 valence electrons. The van der Waals surface area contributed by atoms with E-state index >= 15 is 0 Å². The number of nitrogens with zero attached hydrogens (tertiary/aromatic N) is 2. The molecular formula is C8H15ClN2O4S. The van der Waals surface area contributed by atoms with Gasteiger partial charge in [-0.15, -0.1) is 11.6 Å². The van der Waals surface area contributed by atoms with Crippen molar-refractivity contribution >= 4 is 27.3 Å². The average molecular weight is 271 g/mol. The summed E-state index contributed by atoms with van der Waals surface area (Å²) in [6.07, 6.45) is -1.06. The van der Waals surface area contributed by atoms with E-state index in [9.17, 15) is 18.3 Å². The highest BCUT2D eigenvalue weighted by molar-refractivity contribution is 7.91. The second-order valence-electron chi connectivity index (χ2n) is 3.93. The maximum atomic E-state index is 11.5. The van der Waals surface area contributed by atoms with E-state index in [0.29, 0.717) is 0 Å². The second-order valence-corrected chi connectivity index (χ2v) is 6.35. The minimum absolute atomic E-state index is 0.227. The molecule has 1 fully saturated rings. The Bertz CT molecular complexity index is 370. The molecule has 0 aromatic heterocycles. The summed E-state index contributed by atoms with van der Waals surface area (Å²) in [7, 11) is -0.0799. The van der Waals surface area contributed by atoms with Gasteiger partial charge in [-0.1, -0.05) is 0 Å². The van der Waals surface area contributed by atoms with Crippen molar-refractivity contribution in [3.63, 3.8) is 0 Å². The van der Waals surface area contributed by atoms with Crippen LogP contribution in [-0.4, -0.2) is 73.1 Å². The van der Waals surface area contributed by atoms with E-state index in [1.165, 1.54) is 10.0 Å². The van der Waals surface area contributed by atoms with Crippen molar-refractivity contribution in [3.05, 3.63) is 0 Å². The predicted octanol–water partition coefficient (Wildman–Crippen LogP) is -1.31. The van der Waals surface area contributed by atoms with Gasteiger partial charge in [-0.25, -0.2) is 13.4 Å². The number of sulfone groups is 1. The number of rotatable bonds is 3. The van der Waals surface area contributed by atoms with Crippen molar-refractivity contribution < 1.29 is 18.3 Å². The number of hydrazine groups is 1. The largest absolute Gasteiger partial charge is 0.390 e. The standard InChI is InChI=1S/C8H15ClN2O4S/c1-10(2)11(8(13)3-9)6-4-16(14,15)5-7(6)12/h6-7,12H,3-5H2,1-2H3/t6-,7-/m1/s1. The zero-order valence-electron chi connectivity index (χ0n) is 9.13. The Hall–Kier alpha value is -0.370. The maximum Gasteiger partial charge on any atom is 0.252 e. The van der Waals surface area contributed by atoms with Crippen LogP contribution in [0.25, 0.3) is 0 Å². The highest BCUT2D eigenvalue weighted by Gasteiger charge is 2.42. The molecule has 0 unspecified atom stereocenters. The number of carbonyl (C=O) groups excluding carboxylic acids is 1. The number of aliphatic hydroxyl groups is 1. The van der Waals surface area contributed by atoms with Gasteiger partial charge in [-0.05, 0) is 0 Å². The van der Waals surface area contributed by atoms with Crippen LogP contribution in [0.2, 0.25) is 0 Å². The molecule has 0 spiro atoms. The quantitative estimate of drug-likeness (QED) is 0.509. The smallest absolute Gasteiger partial charge is 0.252 e. The summed E-state index contributed by atoms with van der Waals surface area (Å²) in [5, 5.41) is 12.3. The fraction of sp³-hybridized carbons (Fsp3) is 0.875. The normalized spacial score (nSPS) is 28.3. The van der Waals surface area contributed by atoms with Gasteiger partial charge in [0.15, 0.2) is 9.84 Å². The van der Waals surface area contributed by atoms with E-state index in [-0.39, 0.29) is 17.4 Å². The Kier molecular flexibility index (Phi) is 4.17. The molecule has 6 nitrogen and oxygen atoms in total. The van der Waals surface area contributed by atoms with Crippen LogP contribution < -0.4 is 0 Å².